The lowest BCUT2D eigenvalue weighted by atomic mass is 10.2. The van der Waals surface area contributed by atoms with Crippen molar-refractivity contribution in [3.63, 3.8) is 0 Å². The molecule has 0 bridgehead atoms. The number of hydrogen-bond donors (Lipinski definition) is 1. The average Bonchev–Trinajstić information content (AvgIpc) is 2.79. The predicted octanol–water partition coefficient (Wildman–Crippen LogP) is 3.34. The smallest absolute Gasteiger partial charge is 0.408 e. The summed E-state index contributed by atoms with van der Waals surface area (Å²) < 4.78 is 27.4. The molecule has 34 heavy (non-hydrogen) atoms. The van der Waals surface area contributed by atoms with Gasteiger partial charge in [-0.05, 0) is 35.8 Å². The molecule has 3 atom stereocenters. The molecule has 188 valence electrons. The molecule has 1 amide bonds. The minimum absolute atomic E-state index is 0.00895. The van der Waals surface area contributed by atoms with Gasteiger partial charge in [0.25, 0.3) is 0 Å². The third-order valence-electron chi connectivity index (χ3n) is 5.85. The third kappa shape index (κ3) is 8.35. The third-order valence-corrected chi connectivity index (χ3v) is 10.4. The molecular weight excluding hydrogens is 458 g/mol. The molecule has 1 heterocycles. The van der Waals surface area contributed by atoms with Crippen molar-refractivity contribution in [1.29, 1.82) is 0 Å². The molecule has 10 heteroatoms. The number of ether oxygens (including phenoxy) is 4. The van der Waals surface area contributed by atoms with Crippen molar-refractivity contribution in [2.45, 2.75) is 63.9 Å². The average molecular weight is 494 g/mol. The highest BCUT2D eigenvalue weighted by molar-refractivity contribution is 6.74. The molecule has 0 saturated carbocycles. The molecule has 1 aromatic rings. The number of amides is 1. The largest absolute Gasteiger partial charge is 0.467 e. The standard InChI is InChI=1S/C24H35NO8Si/c1-24(2,3)34(5,6)32-16-20-19(26)12-13-21(33-20)30-15-18(22(27)29-4)25-23(28)31-14-17-10-8-7-9-11-17/h7-13,18,20-21H,14-16H2,1-6H3,(H,25,28)/t18-,20-,21-/m0/s1. The highest BCUT2D eigenvalue weighted by Gasteiger charge is 2.39. The Morgan fingerprint density at radius 2 is 1.85 bits per heavy atom. The minimum atomic E-state index is -2.07. The fourth-order valence-electron chi connectivity index (χ4n) is 2.68. The van der Waals surface area contributed by atoms with Crippen molar-refractivity contribution in [3.05, 3.63) is 48.0 Å². The molecule has 1 aliphatic rings. The van der Waals surface area contributed by atoms with E-state index in [1.807, 2.05) is 30.3 Å². The number of methoxy groups -OCH3 is 1. The second-order valence-corrected chi connectivity index (χ2v) is 14.3. The zero-order chi connectivity index (χ0) is 25.4. The number of benzene rings is 1. The molecule has 0 aromatic heterocycles. The second kappa shape index (κ2) is 12.3. The summed E-state index contributed by atoms with van der Waals surface area (Å²) in [7, 11) is -0.863. The van der Waals surface area contributed by atoms with Crippen LogP contribution in [0.2, 0.25) is 18.1 Å². The summed E-state index contributed by atoms with van der Waals surface area (Å²) in [5.41, 5.74) is 0.805. The molecular formula is C24H35NO8Si. The maximum absolute atomic E-state index is 12.3. The summed E-state index contributed by atoms with van der Waals surface area (Å²) in [6, 6.07) is 8.02. The van der Waals surface area contributed by atoms with Gasteiger partial charge in [0.1, 0.15) is 12.7 Å². The first-order chi connectivity index (χ1) is 15.9. The molecule has 1 aliphatic heterocycles. The van der Waals surface area contributed by atoms with Crippen LogP contribution in [-0.2, 0) is 39.6 Å². The molecule has 0 fully saturated rings. The van der Waals surface area contributed by atoms with Crippen molar-refractivity contribution in [1.82, 2.24) is 5.32 Å². The normalized spacial score (nSPS) is 19.4. The number of ketones is 1. The summed E-state index contributed by atoms with van der Waals surface area (Å²) >= 11 is 0. The van der Waals surface area contributed by atoms with Gasteiger partial charge in [-0.3, -0.25) is 4.79 Å². The van der Waals surface area contributed by atoms with E-state index in [9.17, 15) is 14.4 Å². The van der Waals surface area contributed by atoms with Crippen LogP contribution < -0.4 is 5.32 Å². The maximum atomic E-state index is 12.3. The van der Waals surface area contributed by atoms with Gasteiger partial charge in [0.05, 0.1) is 20.3 Å². The van der Waals surface area contributed by atoms with E-state index in [2.05, 4.69) is 39.2 Å². The fourth-order valence-corrected chi connectivity index (χ4v) is 3.68. The molecule has 9 nitrogen and oxygen atoms in total. The van der Waals surface area contributed by atoms with E-state index in [1.165, 1.54) is 19.3 Å². The van der Waals surface area contributed by atoms with Gasteiger partial charge in [0.15, 0.2) is 26.4 Å². The van der Waals surface area contributed by atoms with Crippen LogP contribution in [0.15, 0.2) is 42.5 Å². The van der Waals surface area contributed by atoms with Gasteiger partial charge in [0.2, 0.25) is 0 Å². The summed E-state index contributed by atoms with van der Waals surface area (Å²) in [6.45, 7) is 10.4. The van der Waals surface area contributed by atoms with Gasteiger partial charge >= 0.3 is 12.1 Å². The van der Waals surface area contributed by atoms with E-state index < -0.39 is 38.8 Å². The van der Waals surface area contributed by atoms with Crippen LogP contribution in [0.4, 0.5) is 4.79 Å². The van der Waals surface area contributed by atoms with Gasteiger partial charge in [0, 0.05) is 0 Å². The molecule has 0 spiro atoms. The Balaban J connectivity index is 1.89. The number of carbonyl (C=O) groups excluding carboxylic acids is 3. The van der Waals surface area contributed by atoms with Gasteiger partial charge in [-0.25, -0.2) is 9.59 Å². The molecule has 0 unspecified atom stereocenters. The Labute approximate surface area is 201 Å². The van der Waals surface area contributed by atoms with Gasteiger partial charge in [-0.2, -0.15) is 0 Å². The molecule has 0 radical (unpaired) electrons. The van der Waals surface area contributed by atoms with E-state index in [-0.39, 0.29) is 30.6 Å². The lowest BCUT2D eigenvalue weighted by molar-refractivity contribution is -0.173. The Morgan fingerprint density at radius 3 is 2.47 bits per heavy atom. The number of nitrogens with one attached hydrogen (secondary N) is 1. The van der Waals surface area contributed by atoms with Gasteiger partial charge in [-0.15, -0.1) is 0 Å². The van der Waals surface area contributed by atoms with Crippen molar-refractivity contribution in [2.24, 2.45) is 0 Å². The highest BCUT2D eigenvalue weighted by atomic mass is 28.4. The quantitative estimate of drug-likeness (QED) is 0.390. The zero-order valence-electron chi connectivity index (χ0n) is 20.7. The topological polar surface area (TPSA) is 109 Å². The first kappa shape index (κ1) is 27.7. The Morgan fingerprint density at radius 1 is 1.18 bits per heavy atom. The van der Waals surface area contributed by atoms with E-state index in [1.54, 1.807) is 0 Å². The Kier molecular flexibility index (Phi) is 9.99. The van der Waals surface area contributed by atoms with Crippen LogP contribution in [0.3, 0.4) is 0 Å². The van der Waals surface area contributed by atoms with Crippen molar-refractivity contribution in [2.75, 3.05) is 20.3 Å². The summed E-state index contributed by atoms with van der Waals surface area (Å²) in [4.78, 5) is 36.5. The van der Waals surface area contributed by atoms with E-state index >= 15 is 0 Å². The summed E-state index contributed by atoms with van der Waals surface area (Å²) in [5.74, 6) is -0.920. The van der Waals surface area contributed by atoms with Crippen LogP contribution in [0, 0.1) is 0 Å². The first-order valence-corrected chi connectivity index (χ1v) is 14.0. The van der Waals surface area contributed by atoms with Crippen molar-refractivity contribution < 1.29 is 37.8 Å². The van der Waals surface area contributed by atoms with E-state index in [0.717, 1.165) is 5.56 Å². The van der Waals surface area contributed by atoms with Gasteiger partial charge in [-0.1, -0.05) is 51.1 Å². The van der Waals surface area contributed by atoms with Crippen molar-refractivity contribution >= 4 is 26.2 Å². The fraction of sp³-hybridized carbons (Fsp3) is 0.542. The zero-order valence-corrected chi connectivity index (χ0v) is 21.7. The second-order valence-electron chi connectivity index (χ2n) is 9.44. The minimum Gasteiger partial charge on any atom is -0.467 e. The summed E-state index contributed by atoms with van der Waals surface area (Å²) in [6.07, 6.45) is 0.332. The lowest BCUT2D eigenvalue weighted by Crippen LogP contribution is -2.47. The molecule has 2 rings (SSSR count). The van der Waals surface area contributed by atoms with Crippen LogP contribution in [0.25, 0.3) is 0 Å². The van der Waals surface area contributed by atoms with Crippen LogP contribution in [0.5, 0.6) is 0 Å². The van der Waals surface area contributed by atoms with E-state index in [0.29, 0.717) is 0 Å². The molecule has 0 aliphatic carbocycles. The number of carbonyl (C=O) groups is 3. The first-order valence-electron chi connectivity index (χ1n) is 11.1. The SMILES string of the molecule is COC(=O)[C@H](CO[C@@H]1C=CC(=O)[C@H](CO[Si](C)(C)C(C)(C)C)O1)NC(=O)OCc1ccccc1. The van der Waals surface area contributed by atoms with Gasteiger partial charge < -0.3 is 28.7 Å². The van der Waals surface area contributed by atoms with Crippen molar-refractivity contribution in [3.8, 4) is 0 Å². The highest BCUT2D eigenvalue weighted by Crippen LogP contribution is 2.36. The Bertz CT molecular complexity index is 865. The Hall–Kier alpha value is -2.53. The number of esters is 1. The predicted molar refractivity (Wildman–Crippen MR) is 127 cm³/mol. The lowest BCUT2D eigenvalue weighted by Gasteiger charge is -2.37. The maximum Gasteiger partial charge on any atom is 0.408 e. The number of alkyl carbamates (subject to hydrolysis) is 1. The van der Waals surface area contributed by atoms with E-state index in [4.69, 9.17) is 23.4 Å². The molecule has 1 N–H and O–H groups in total. The number of rotatable bonds is 10. The van der Waals surface area contributed by atoms with Crippen LogP contribution in [-0.4, -0.2) is 64.9 Å². The van der Waals surface area contributed by atoms with Crippen LogP contribution >= 0.6 is 0 Å². The molecule has 0 saturated heterocycles. The molecule has 1 aromatic carbocycles. The van der Waals surface area contributed by atoms with Crippen LogP contribution in [0.1, 0.15) is 26.3 Å². The summed E-state index contributed by atoms with van der Waals surface area (Å²) in [5, 5.41) is 2.42. The number of hydrogen-bond acceptors (Lipinski definition) is 8. The monoisotopic (exact) mass is 493 g/mol.